The Bertz CT molecular complexity index is 635. The summed E-state index contributed by atoms with van der Waals surface area (Å²) in [6, 6.07) is 4.89. The van der Waals surface area contributed by atoms with Gasteiger partial charge >= 0.3 is 0 Å². The summed E-state index contributed by atoms with van der Waals surface area (Å²) in [6.45, 7) is -0.125. The maximum atomic E-state index is 10.1. The van der Waals surface area contributed by atoms with Crippen LogP contribution in [0.5, 0.6) is 5.75 Å². The Hall–Kier alpha value is -1.01. The molecule has 2 aliphatic heterocycles. The molecule has 2 aliphatic rings. The van der Waals surface area contributed by atoms with E-state index in [9.17, 15) is 20.4 Å². The van der Waals surface area contributed by atoms with Gasteiger partial charge in [-0.3, -0.25) is 0 Å². The summed E-state index contributed by atoms with van der Waals surface area (Å²) >= 11 is 6.47. The number of rotatable bonds is 5. The van der Waals surface area contributed by atoms with Crippen LogP contribution < -0.4 is 4.74 Å². The lowest BCUT2D eigenvalue weighted by Crippen LogP contribution is -2.60. The van der Waals surface area contributed by atoms with E-state index in [2.05, 4.69) is 0 Å². The standard InChI is InChI=1S/C17H23ClO9/c1-23-17(6-3-7-24-27-17)9-4-2-5-10(12(9)18)25-16-15(22)14(21)13(20)11(8-19)26-16/h2,4-5,11,13-16,19-22H,3,6-8H2,1H3/t11?,13-,14?,15?,16+,17?/m0/s1. The lowest BCUT2D eigenvalue weighted by atomic mass is 9.99. The Morgan fingerprint density at radius 3 is 2.63 bits per heavy atom. The highest BCUT2D eigenvalue weighted by Crippen LogP contribution is 2.42. The summed E-state index contributed by atoms with van der Waals surface area (Å²) in [4.78, 5) is 10.4. The molecule has 2 fully saturated rings. The summed E-state index contributed by atoms with van der Waals surface area (Å²) in [6.07, 6.45) is -5.81. The lowest BCUT2D eigenvalue weighted by molar-refractivity contribution is -0.454. The van der Waals surface area contributed by atoms with Crippen LogP contribution in [0.1, 0.15) is 18.4 Å². The molecule has 6 atom stereocenters. The number of aliphatic hydroxyl groups is 4. The third-order valence-corrected chi connectivity index (χ3v) is 5.11. The average molecular weight is 407 g/mol. The molecule has 1 aromatic rings. The van der Waals surface area contributed by atoms with Crippen LogP contribution in [-0.2, 0) is 25.0 Å². The van der Waals surface area contributed by atoms with Crippen LogP contribution in [0.15, 0.2) is 18.2 Å². The normalized spacial score (nSPS) is 37.2. The molecule has 4 unspecified atom stereocenters. The Kier molecular flexibility index (Phi) is 6.57. The fraction of sp³-hybridized carbons (Fsp3) is 0.647. The smallest absolute Gasteiger partial charge is 0.229 e. The van der Waals surface area contributed by atoms with Crippen LogP contribution in [0.4, 0.5) is 0 Å². The zero-order valence-corrected chi connectivity index (χ0v) is 15.4. The van der Waals surface area contributed by atoms with Crippen molar-refractivity contribution in [1.82, 2.24) is 0 Å². The molecule has 152 valence electrons. The van der Waals surface area contributed by atoms with Crippen LogP contribution >= 0.6 is 11.6 Å². The van der Waals surface area contributed by atoms with Crippen molar-refractivity contribution in [3.63, 3.8) is 0 Å². The number of halogens is 1. The summed E-state index contributed by atoms with van der Waals surface area (Å²) in [5.74, 6) is -1.06. The Balaban J connectivity index is 1.85. The highest BCUT2D eigenvalue weighted by molar-refractivity contribution is 6.32. The van der Waals surface area contributed by atoms with Gasteiger partial charge in [0.1, 0.15) is 30.2 Å². The van der Waals surface area contributed by atoms with Crippen LogP contribution in [0.3, 0.4) is 0 Å². The first-order valence-corrected chi connectivity index (χ1v) is 8.93. The second-order valence-corrected chi connectivity index (χ2v) is 6.78. The largest absolute Gasteiger partial charge is 0.460 e. The first-order chi connectivity index (χ1) is 12.9. The molecule has 9 nitrogen and oxygen atoms in total. The van der Waals surface area contributed by atoms with Crippen LogP contribution in [0.2, 0.25) is 5.02 Å². The molecule has 0 aliphatic carbocycles. The van der Waals surface area contributed by atoms with Crippen molar-refractivity contribution >= 4 is 11.6 Å². The van der Waals surface area contributed by atoms with Gasteiger partial charge in [0.25, 0.3) is 0 Å². The summed E-state index contributed by atoms with van der Waals surface area (Å²) in [5.41, 5.74) is 0.466. The van der Waals surface area contributed by atoms with E-state index in [0.29, 0.717) is 25.0 Å². The first kappa shape index (κ1) is 20.7. The average Bonchev–Trinajstić information content (AvgIpc) is 2.70. The van der Waals surface area contributed by atoms with Crippen molar-refractivity contribution in [2.75, 3.05) is 20.3 Å². The minimum absolute atomic E-state index is 0.143. The van der Waals surface area contributed by atoms with Gasteiger partial charge in [0.15, 0.2) is 0 Å². The van der Waals surface area contributed by atoms with Crippen LogP contribution in [0.25, 0.3) is 0 Å². The Labute approximate surface area is 160 Å². The summed E-state index contributed by atoms with van der Waals surface area (Å²) in [5, 5.41) is 39.3. The molecule has 3 rings (SSSR count). The monoisotopic (exact) mass is 406 g/mol. The van der Waals surface area contributed by atoms with Gasteiger partial charge in [0, 0.05) is 19.1 Å². The topological polar surface area (TPSA) is 127 Å². The molecule has 0 amide bonds. The zero-order valence-electron chi connectivity index (χ0n) is 14.7. The number of ether oxygens (including phenoxy) is 3. The molecular weight excluding hydrogens is 384 g/mol. The number of methoxy groups -OCH3 is 1. The lowest BCUT2D eigenvalue weighted by Gasteiger charge is -2.40. The van der Waals surface area contributed by atoms with Crippen molar-refractivity contribution < 1.29 is 44.4 Å². The van der Waals surface area contributed by atoms with Gasteiger partial charge in [-0.2, -0.15) is 4.89 Å². The third kappa shape index (κ3) is 3.93. The Morgan fingerprint density at radius 2 is 2.00 bits per heavy atom. The van der Waals surface area contributed by atoms with Crippen LogP contribution in [-0.4, -0.2) is 71.5 Å². The maximum Gasteiger partial charge on any atom is 0.229 e. The van der Waals surface area contributed by atoms with Crippen LogP contribution in [0, 0.1) is 0 Å². The fourth-order valence-electron chi connectivity index (χ4n) is 3.15. The SMILES string of the molecule is COC1(c2cccc(O[C@@H]3OC(CO)[C@H](O)C(O)C3O)c2Cl)CCCOO1. The van der Waals surface area contributed by atoms with Gasteiger partial charge in [-0.25, -0.2) is 4.89 Å². The van der Waals surface area contributed by atoms with Gasteiger partial charge < -0.3 is 34.6 Å². The molecule has 0 saturated carbocycles. The minimum atomic E-state index is -1.55. The molecular formula is C17H23ClO9. The minimum Gasteiger partial charge on any atom is -0.460 e. The van der Waals surface area contributed by atoms with Gasteiger partial charge in [0.2, 0.25) is 12.1 Å². The molecule has 27 heavy (non-hydrogen) atoms. The van der Waals surface area contributed by atoms with E-state index in [1.54, 1.807) is 18.2 Å². The van der Waals surface area contributed by atoms with Gasteiger partial charge in [-0.05, 0) is 12.5 Å². The van der Waals surface area contributed by atoms with Gasteiger partial charge in [0.05, 0.1) is 18.2 Å². The van der Waals surface area contributed by atoms with Gasteiger partial charge in [-0.1, -0.05) is 23.7 Å². The van der Waals surface area contributed by atoms with Crippen molar-refractivity contribution in [2.45, 2.75) is 49.3 Å². The van der Waals surface area contributed by atoms with E-state index >= 15 is 0 Å². The highest BCUT2D eigenvalue weighted by atomic mass is 35.5. The molecule has 1 aromatic carbocycles. The van der Waals surface area contributed by atoms with E-state index in [4.69, 9.17) is 35.6 Å². The van der Waals surface area contributed by atoms with Crippen molar-refractivity contribution in [3.05, 3.63) is 28.8 Å². The molecule has 2 saturated heterocycles. The molecule has 10 heteroatoms. The maximum absolute atomic E-state index is 10.1. The van der Waals surface area contributed by atoms with Crippen molar-refractivity contribution in [3.8, 4) is 5.75 Å². The molecule has 4 N–H and O–H groups in total. The van der Waals surface area contributed by atoms with E-state index < -0.39 is 43.1 Å². The molecule has 0 spiro atoms. The fourth-order valence-corrected chi connectivity index (χ4v) is 3.47. The number of hydrogen-bond acceptors (Lipinski definition) is 9. The quantitative estimate of drug-likeness (QED) is 0.502. The zero-order chi connectivity index (χ0) is 19.6. The summed E-state index contributed by atoms with van der Waals surface area (Å²) < 4.78 is 16.5. The Morgan fingerprint density at radius 1 is 1.22 bits per heavy atom. The molecule has 0 radical (unpaired) electrons. The number of hydrogen-bond donors (Lipinski definition) is 4. The highest BCUT2D eigenvalue weighted by Gasteiger charge is 2.45. The van der Waals surface area contributed by atoms with E-state index in [-0.39, 0.29) is 10.8 Å². The predicted octanol–water partition coefficient (Wildman–Crippen LogP) is 0.0599. The summed E-state index contributed by atoms with van der Waals surface area (Å²) in [7, 11) is 1.47. The molecule has 2 heterocycles. The predicted molar refractivity (Wildman–Crippen MR) is 90.8 cm³/mol. The molecule has 0 bridgehead atoms. The molecule has 0 aromatic heterocycles. The number of benzene rings is 1. The van der Waals surface area contributed by atoms with E-state index in [0.717, 1.165) is 0 Å². The van der Waals surface area contributed by atoms with E-state index in [1.807, 2.05) is 0 Å². The first-order valence-electron chi connectivity index (χ1n) is 8.55. The third-order valence-electron chi connectivity index (χ3n) is 4.72. The van der Waals surface area contributed by atoms with Crippen molar-refractivity contribution in [1.29, 1.82) is 0 Å². The van der Waals surface area contributed by atoms with E-state index in [1.165, 1.54) is 7.11 Å². The van der Waals surface area contributed by atoms with Gasteiger partial charge in [-0.15, -0.1) is 0 Å². The van der Waals surface area contributed by atoms with Crippen molar-refractivity contribution in [2.24, 2.45) is 0 Å². The second-order valence-electron chi connectivity index (χ2n) is 6.40. The second kappa shape index (κ2) is 8.56. The number of aliphatic hydroxyl groups excluding tert-OH is 4.